The molecule has 0 spiro atoms. The summed E-state index contributed by atoms with van der Waals surface area (Å²) in [7, 11) is 0. The van der Waals surface area contributed by atoms with Gasteiger partial charge in [-0.2, -0.15) is 0 Å². The van der Waals surface area contributed by atoms with E-state index in [1.54, 1.807) is 0 Å². The summed E-state index contributed by atoms with van der Waals surface area (Å²) in [6, 6.07) is 1.59. The molecule has 0 bridgehead atoms. The van der Waals surface area contributed by atoms with Crippen molar-refractivity contribution < 1.29 is 4.74 Å². The van der Waals surface area contributed by atoms with Crippen molar-refractivity contribution in [2.45, 2.75) is 64.1 Å². The summed E-state index contributed by atoms with van der Waals surface area (Å²) in [5, 5.41) is 3.66. The van der Waals surface area contributed by atoms with Crippen LogP contribution in [0.4, 0.5) is 0 Å². The molecule has 2 unspecified atom stereocenters. The molecule has 2 atom stereocenters. The maximum atomic E-state index is 5.73. The highest BCUT2D eigenvalue weighted by atomic mass is 16.5. The molecule has 3 nitrogen and oxygen atoms in total. The molecule has 2 fully saturated rings. The van der Waals surface area contributed by atoms with Crippen molar-refractivity contribution in [1.82, 2.24) is 10.2 Å². The second kappa shape index (κ2) is 5.68. The molecule has 0 aliphatic carbocycles. The van der Waals surface area contributed by atoms with Gasteiger partial charge in [-0.05, 0) is 59.5 Å². The molecule has 3 heteroatoms. The summed E-state index contributed by atoms with van der Waals surface area (Å²) in [5.74, 6) is 0. The molecule has 17 heavy (non-hydrogen) atoms. The maximum absolute atomic E-state index is 5.73. The maximum Gasteiger partial charge on any atom is 0.0599 e. The van der Waals surface area contributed by atoms with E-state index in [0.717, 1.165) is 25.2 Å². The Morgan fingerprint density at radius 2 is 2.06 bits per heavy atom. The van der Waals surface area contributed by atoms with Crippen LogP contribution < -0.4 is 5.32 Å². The molecule has 0 aromatic rings. The first-order valence-electron chi connectivity index (χ1n) is 7.16. The van der Waals surface area contributed by atoms with Gasteiger partial charge in [-0.15, -0.1) is 0 Å². The molecular formula is C14H28N2O. The smallest absolute Gasteiger partial charge is 0.0599 e. The van der Waals surface area contributed by atoms with E-state index < -0.39 is 0 Å². The summed E-state index contributed by atoms with van der Waals surface area (Å²) >= 11 is 0. The van der Waals surface area contributed by atoms with Gasteiger partial charge >= 0.3 is 0 Å². The third kappa shape index (κ3) is 4.23. The number of nitrogens with one attached hydrogen (secondary N) is 1. The van der Waals surface area contributed by atoms with E-state index in [1.165, 1.54) is 38.8 Å². The molecule has 2 aliphatic rings. The first-order valence-corrected chi connectivity index (χ1v) is 7.16. The Labute approximate surface area is 106 Å². The highest BCUT2D eigenvalue weighted by Crippen LogP contribution is 2.26. The molecule has 2 aliphatic heterocycles. The van der Waals surface area contributed by atoms with Crippen molar-refractivity contribution in [3.05, 3.63) is 0 Å². The van der Waals surface area contributed by atoms with Crippen LogP contribution in [0.1, 0.15) is 46.5 Å². The molecule has 0 amide bonds. The minimum absolute atomic E-state index is 0.00348. The van der Waals surface area contributed by atoms with E-state index in [1.807, 2.05) is 0 Å². The normalized spacial score (nSPS) is 30.5. The van der Waals surface area contributed by atoms with Gasteiger partial charge in [0.05, 0.1) is 12.2 Å². The van der Waals surface area contributed by atoms with Gasteiger partial charge in [0.2, 0.25) is 0 Å². The Morgan fingerprint density at radius 3 is 2.82 bits per heavy atom. The Bertz CT molecular complexity index is 237. The van der Waals surface area contributed by atoms with Crippen molar-refractivity contribution in [2.24, 2.45) is 0 Å². The van der Waals surface area contributed by atoms with Crippen molar-refractivity contribution in [1.29, 1.82) is 0 Å². The summed E-state index contributed by atoms with van der Waals surface area (Å²) in [6.45, 7) is 10.8. The molecule has 1 N–H and O–H groups in total. The van der Waals surface area contributed by atoms with E-state index in [9.17, 15) is 0 Å². The first kappa shape index (κ1) is 13.3. The Balaban J connectivity index is 1.60. The monoisotopic (exact) mass is 240 g/mol. The van der Waals surface area contributed by atoms with Crippen LogP contribution >= 0.6 is 0 Å². The number of hydrogen-bond donors (Lipinski definition) is 1. The number of piperidine rings is 1. The van der Waals surface area contributed by atoms with Crippen molar-refractivity contribution in [3.8, 4) is 0 Å². The largest absolute Gasteiger partial charge is 0.375 e. The highest BCUT2D eigenvalue weighted by molar-refractivity contribution is 4.89. The van der Waals surface area contributed by atoms with Crippen LogP contribution in [0.25, 0.3) is 0 Å². The van der Waals surface area contributed by atoms with E-state index in [4.69, 9.17) is 4.74 Å². The van der Waals surface area contributed by atoms with Crippen LogP contribution in [0, 0.1) is 0 Å². The first-order chi connectivity index (χ1) is 8.04. The standard InChI is InChI=1S/C14H28N2O/c1-14(2,3)17-10-7-15-12-6-9-16-8-4-5-13(16)11-12/h12-13,15H,4-11H2,1-3H3. The number of rotatable bonds is 4. The van der Waals surface area contributed by atoms with Gasteiger partial charge in [-0.3, -0.25) is 0 Å². The summed E-state index contributed by atoms with van der Waals surface area (Å²) in [4.78, 5) is 2.67. The van der Waals surface area contributed by atoms with Crippen LogP contribution in [0.15, 0.2) is 0 Å². The third-order valence-corrected chi connectivity index (χ3v) is 3.89. The Kier molecular flexibility index (Phi) is 4.45. The number of ether oxygens (including phenoxy) is 1. The van der Waals surface area contributed by atoms with Gasteiger partial charge in [-0.1, -0.05) is 0 Å². The van der Waals surface area contributed by atoms with Crippen LogP contribution in [0.5, 0.6) is 0 Å². The lowest BCUT2D eigenvalue weighted by Gasteiger charge is -2.35. The fourth-order valence-electron chi connectivity index (χ4n) is 3.03. The fraction of sp³-hybridized carbons (Fsp3) is 1.00. The van der Waals surface area contributed by atoms with Gasteiger partial charge in [0, 0.05) is 18.6 Å². The minimum Gasteiger partial charge on any atom is -0.375 e. The van der Waals surface area contributed by atoms with Crippen molar-refractivity contribution in [2.75, 3.05) is 26.2 Å². The SMILES string of the molecule is CC(C)(C)OCCNC1CCN2CCCC2C1. The average molecular weight is 240 g/mol. The van der Waals surface area contributed by atoms with Gasteiger partial charge in [-0.25, -0.2) is 0 Å². The highest BCUT2D eigenvalue weighted by Gasteiger charge is 2.31. The summed E-state index contributed by atoms with van der Waals surface area (Å²) < 4.78 is 5.73. The van der Waals surface area contributed by atoms with Crippen LogP contribution in [-0.4, -0.2) is 48.8 Å². The lowest BCUT2D eigenvalue weighted by atomic mass is 9.98. The zero-order valence-corrected chi connectivity index (χ0v) is 11.7. The van der Waals surface area contributed by atoms with E-state index in [2.05, 4.69) is 31.0 Å². The number of hydrogen-bond acceptors (Lipinski definition) is 3. The van der Waals surface area contributed by atoms with Crippen LogP contribution in [0.2, 0.25) is 0 Å². The van der Waals surface area contributed by atoms with Crippen molar-refractivity contribution in [3.63, 3.8) is 0 Å². The molecule has 2 saturated heterocycles. The number of fused-ring (bicyclic) bond motifs is 1. The van der Waals surface area contributed by atoms with E-state index >= 15 is 0 Å². The van der Waals surface area contributed by atoms with Crippen LogP contribution in [-0.2, 0) is 4.74 Å². The predicted octanol–water partition coefficient (Wildman–Crippen LogP) is 2.02. The quantitative estimate of drug-likeness (QED) is 0.761. The Hall–Kier alpha value is -0.120. The predicted molar refractivity (Wildman–Crippen MR) is 71.3 cm³/mol. The van der Waals surface area contributed by atoms with Crippen LogP contribution in [0.3, 0.4) is 0 Å². The van der Waals surface area contributed by atoms with Gasteiger partial charge in [0.1, 0.15) is 0 Å². The lowest BCUT2D eigenvalue weighted by Crippen LogP contribution is -2.46. The zero-order valence-electron chi connectivity index (χ0n) is 11.7. The van der Waals surface area contributed by atoms with Gasteiger partial charge < -0.3 is 15.0 Å². The van der Waals surface area contributed by atoms with E-state index in [0.29, 0.717) is 0 Å². The van der Waals surface area contributed by atoms with Crippen molar-refractivity contribution >= 4 is 0 Å². The molecular weight excluding hydrogens is 212 g/mol. The summed E-state index contributed by atoms with van der Waals surface area (Å²) in [5.41, 5.74) is -0.00348. The second-order valence-electron chi connectivity index (χ2n) is 6.47. The van der Waals surface area contributed by atoms with Gasteiger partial charge in [0.25, 0.3) is 0 Å². The topological polar surface area (TPSA) is 24.5 Å². The molecule has 0 aromatic carbocycles. The number of nitrogens with zero attached hydrogens (tertiary/aromatic N) is 1. The molecule has 0 radical (unpaired) electrons. The second-order valence-corrected chi connectivity index (χ2v) is 6.47. The molecule has 0 aromatic heterocycles. The zero-order chi connectivity index (χ0) is 12.3. The molecule has 100 valence electrons. The molecule has 2 heterocycles. The van der Waals surface area contributed by atoms with Gasteiger partial charge in [0.15, 0.2) is 0 Å². The minimum atomic E-state index is -0.00348. The Morgan fingerprint density at radius 1 is 1.24 bits per heavy atom. The summed E-state index contributed by atoms with van der Waals surface area (Å²) in [6.07, 6.45) is 5.47. The van der Waals surface area contributed by atoms with E-state index in [-0.39, 0.29) is 5.60 Å². The molecule has 0 saturated carbocycles. The lowest BCUT2D eigenvalue weighted by molar-refractivity contribution is -0.00258. The average Bonchev–Trinajstić information content (AvgIpc) is 2.70. The third-order valence-electron chi connectivity index (χ3n) is 3.89. The molecule has 2 rings (SSSR count). The fourth-order valence-corrected chi connectivity index (χ4v) is 3.03.